The number of phenolic OH excluding ortho intramolecular Hbond substituents is 1. The number of aromatic hydroxyl groups is 1. The molecule has 0 atom stereocenters. The normalized spacial score (nSPS) is 10.3. The lowest BCUT2D eigenvalue weighted by Gasteiger charge is -2.05. The summed E-state index contributed by atoms with van der Waals surface area (Å²) in [6, 6.07) is 7.98. The highest BCUT2D eigenvalue weighted by atomic mass is 19.1. The van der Waals surface area contributed by atoms with E-state index in [0.717, 1.165) is 12.1 Å². The van der Waals surface area contributed by atoms with E-state index in [1.807, 2.05) is 0 Å². The third-order valence-corrected chi connectivity index (χ3v) is 2.52. The van der Waals surface area contributed by atoms with Gasteiger partial charge in [0, 0.05) is 5.56 Å². The second-order valence-corrected chi connectivity index (χ2v) is 3.73. The van der Waals surface area contributed by atoms with Gasteiger partial charge in [0.15, 0.2) is 17.4 Å². The quantitative estimate of drug-likeness (QED) is 0.858. The molecule has 0 spiro atoms. The van der Waals surface area contributed by atoms with Crippen LogP contribution in [-0.4, -0.2) is 11.0 Å². The molecule has 0 aliphatic rings. The topological polar surface area (TPSA) is 63.3 Å². The van der Waals surface area contributed by atoms with Crippen molar-refractivity contribution in [1.29, 1.82) is 0 Å². The van der Waals surface area contributed by atoms with Gasteiger partial charge in [-0.2, -0.15) is 0 Å². The summed E-state index contributed by atoms with van der Waals surface area (Å²) in [6.45, 7) is 0. The lowest BCUT2D eigenvalue weighted by atomic mass is 10.0. The van der Waals surface area contributed by atoms with Crippen LogP contribution in [0.2, 0.25) is 0 Å². The fraction of sp³-hybridized carbons (Fsp3) is 0. The molecule has 3 N–H and O–H groups in total. The van der Waals surface area contributed by atoms with Crippen LogP contribution in [0, 0.1) is 11.6 Å². The molecule has 1 amide bonds. The summed E-state index contributed by atoms with van der Waals surface area (Å²) in [6.07, 6.45) is 0. The summed E-state index contributed by atoms with van der Waals surface area (Å²) in [4.78, 5) is 10.9. The van der Waals surface area contributed by atoms with E-state index in [0.29, 0.717) is 11.1 Å². The van der Waals surface area contributed by atoms with Gasteiger partial charge >= 0.3 is 0 Å². The Bertz CT molecular complexity index is 586. The van der Waals surface area contributed by atoms with Crippen molar-refractivity contribution in [2.75, 3.05) is 0 Å². The Morgan fingerprint density at radius 2 is 1.50 bits per heavy atom. The maximum absolute atomic E-state index is 13.2. The van der Waals surface area contributed by atoms with Crippen molar-refractivity contribution in [2.45, 2.75) is 0 Å². The Morgan fingerprint density at radius 1 is 1.00 bits per heavy atom. The molecule has 2 aromatic carbocycles. The van der Waals surface area contributed by atoms with Crippen LogP contribution >= 0.6 is 0 Å². The number of benzene rings is 2. The number of nitrogens with two attached hydrogens (primary N) is 1. The number of halogens is 2. The molecule has 0 aliphatic carbocycles. The monoisotopic (exact) mass is 249 g/mol. The van der Waals surface area contributed by atoms with Gasteiger partial charge in [0.1, 0.15) is 0 Å². The summed E-state index contributed by atoms with van der Waals surface area (Å²) in [7, 11) is 0. The Balaban J connectivity index is 2.46. The Labute approximate surface area is 101 Å². The van der Waals surface area contributed by atoms with Crippen LogP contribution in [0.5, 0.6) is 5.75 Å². The highest BCUT2D eigenvalue weighted by Crippen LogP contribution is 2.28. The number of rotatable bonds is 2. The van der Waals surface area contributed by atoms with Gasteiger partial charge in [0.25, 0.3) is 0 Å². The molecule has 2 aromatic rings. The second-order valence-electron chi connectivity index (χ2n) is 3.73. The molecule has 3 nitrogen and oxygen atoms in total. The molecule has 0 heterocycles. The van der Waals surface area contributed by atoms with Crippen molar-refractivity contribution in [1.82, 2.24) is 0 Å². The zero-order valence-electron chi connectivity index (χ0n) is 9.15. The standard InChI is InChI=1S/C13H9F2NO2/c14-10-5-9(6-11(15)12(10)17)7-1-3-8(4-2-7)13(16)18/h1-6,17H,(H2,16,18). The van der Waals surface area contributed by atoms with E-state index in [1.165, 1.54) is 24.3 Å². The Kier molecular flexibility index (Phi) is 2.97. The van der Waals surface area contributed by atoms with Gasteiger partial charge in [-0.1, -0.05) is 12.1 Å². The summed E-state index contributed by atoms with van der Waals surface area (Å²) in [5.41, 5.74) is 6.16. The van der Waals surface area contributed by atoms with Gasteiger partial charge in [-0.05, 0) is 35.4 Å². The van der Waals surface area contributed by atoms with Crippen LogP contribution in [0.4, 0.5) is 8.78 Å². The molecular weight excluding hydrogens is 240 g/mol. The van der Waals surface area contributed by atoms with Gasteiger partial charge in [-0.3, -0.25) is 4.79 Å². The minimum atomic E-state index is -1.04. The van der Waals surface area contributed by atoms with E-state index in [4.69, 9.17) is 10.8 Å². The average molecular weight is 249 g/mol. The molecule has 0 saturated heterocycles. The lowest BCUT2D eigenvalue weighted by molar-refractivity contribution is 0.100. The van der Waals surface area contributed by atoms with Crippen LogP contribution in [-0.2, 0) is 0 Å². The number of carbonyl (C=O) groups excluding carboxylic acids is 1. The molecule has 0 aromatic heterocycles. The zero-order chi connectivity index (χ0) is 13.3. The third-order valence-electron chi connectivity index (χ3n) is 2.52. The number of hydrogen-bond acceptors (Lipinski definition) is 2. The molecule has 0 saturated carbocycles. The SMILES string of the molecule is NC(=O)c1ccc(-c2cc(F)c(O)c(F)c2)cc1. The van der Waals surface area contributed by atoms with Crippen LogP contribution < -0.4 is 5.73 Å². The van der Waals surface area contributed by atoms with E-state index in [2.05, 4.69) is 0 Å². The van der Waals surface area contributed by atoms with Crippen molar-refractivity contribution in [2.24, 2.45) is 5.73 Å². The first-order valence-electron chi connectivity index (χ1n) is 5.07. The van der Waals surface area contributed by atoms with E-state index >= 15 is 0 Å². The smallest absolute Gasteiger partial charge is 0.248 e. The van der Waals surface area contributed by atoms with Crippen LogP contribution in [0.3, 0.4) is 0 Å². The fourth-order valence-electron chi connectivity index (χ4n) is 1.56. The van der Waals surface area contributed by atoms with Gasteiger partial charge < -0.3 is 10.8 Å². The first-order chi connectivity index (χ1) is 8.49. The predicted octanol–water partition coefficient (Wildman–Crippen LogP) is 2.44. The molecule has 18 heavy (non-hydrogen) atoms. The summed E-state index contributed by atoms with van der Waals surface area (Å²) < 4.78 is 26.3. The van der Waals surface area contributed by atoms with Crippen LogP contribution in [0.1, 0.15) is 10.4 Å². The number of carbonyl (C=O) groups is 1. The molecule has 92 valence electrons. The molecule has 0 fully saturated rings. The maximum Gasteiger partial charge on any atom is 0.248 e. The lowest BCUT2D eigenvalue weighted by Crippen LogP contribution is -2.10. The molecule has 2 rings (SSSR count). The molecule has 0 bridgehead atoms. The number of primary amides is 1. The number of phenols is 1. The zero-order valence-corrected chi connectivity index (χ0v) is 9.15. The predicted molar refractivity (Wildman–Crippen MR) is 62.0 cm³/mol. The second kappa shape index (κ2) is 4.44. The summed E-state index contributed by atoms with van der Waals surface area (Å²) in [5, 5.41) is 8.98. The molecule has 0 unspecified atom stereocenters. The van der Waals surface area contributed by atoms with Gasteiger partial charge in [-0.25, -0.2) is 8.78 Å². The first-order valence-corrected chi connectivity index (χ1v) is 5.07. The van der Waals surface area contributed by atoms with E-state index in [-0.39, 0.29) is 5.56 Å². The highest BCUT2D eigenvalue weighted by molar-refractivity contribution is 5.93. The van der Waals surface area contributed by atoms with E-state index in [1.54, 1.807) is 0 Å². The van der Waals surface area contributed by atoms with Crippen molar-refractivity contribution in [3.05, 3.63) is 53.6 Å². The van der Waals surface area contributed by atoms with E-state index in [9.17, 15) is 13.6 Å². The minimum absolute atomic E-state index is 0.263. The van der Waals surface area contributed by atoms with Crippen LogP contribution in [0.15, 0.2) is 36.4 Å². The summed E-state index contributed by atoms with van der Waals surface area (Å²) >= 11 is 0. The largest absolute Gasteiger partial charge is 0.503 e. The van der Waals surface area contributed by atoms with Gasteiger partial charge in [0.2, 0.25) is 5.91 Å². The number of hydrogen-bond donors (Lipinski definition) is 2. The number of amides is 1. The Hall–Kier alpha value is -2.43. The summed E-state index contributed by atoms with van der Waals surface area (Å²) in [5.74, 6) is -3.66. The molecule has 0 radical (unpaired) electrons. The fourth-order valence-corrected chi connectivity index (χ4v) is 1.56. The third kappa shape index (κ3) is 2.15. The van der Waals surface area contributed by atoms with Crippen molar-refractivity contribution >= 4 is 5.91 Å². The average Bonchev–Trinajstić information content (AvgIpc) is 2.35. The molecule has 5 heteroatoms. The molecule has 0 aliphatic heterocycles. The van der Waals surface area contributed by atoms with Crippen LogP contribution in [0.25, 0.3) is 11.1 Å². The maximum atomic E-state index is 13.2. The van der Waals surface area contributed by atoms with Gasteiger partial charge in [-0.15, -0.1) is 0 Å². The van der Waals surface area contributed by atoms with Crippen molar-refractivity contribution < 1.29 is 18.7 Å². The first kappa shape index (κ1) is 12.0. The van der Waals surface area contributed by atoms with Crippen molar-refractivity contribution in [3.8, 4) is 16.9 Å². The van der Waals surface area contributed by atoms with E-state index < -0.39 is 23.3 Å². The minimum Gasteiger partial charge on any atom is -0.503 e. The highest BCUT2D eigenvalue weighted by Gasteiger charge is 2.11. The van der Waals surface area contributed by atoms with Crippen molar-refractivity contribution in [3.63, 3.8) is 0 Å². The molecular formula is C13H9F2NO2. The Morgan fingerprint density at radius 3 is 1.94 bits per heavy atom. The van der Waals surface area contributed by atoms with Gasteiger partial charge in [0.05, 0.1) is 0 Å².